The highest BCUT2D eigenvalue weighted by Gasteiger charge is 2.28. The van der Waals surface area contributed by atoms with E-state index in [2.05, 4.69) is 4.72 Å². The number of hydrogen-bond donors (Lipinski definition) is 1. The Morgan fingerprint density at radius 2 is 2.00 bits per heavy atom. The van der Waals surface area contributed by atoms with E-state index in [1.165, 1.54) is 12.8 Å². The second-order valence-electron chi connectivity index (χ2n) is 6.89. The van der Waals surface area contributed by atoms with Gasteiger partial charge in [0.25, 0.3) is 0 Å². The molecule has 1 saturated carbocycles. The van der Waals surface area contributed by atoms with Crippen LogP contribution in [0.15, 0.2) is 18.2 Å². The zero-order chi connectivity index (χ0) is 16.3. The van der Waals surface area contributed by atoms with Crippen molar-refractivity contribution >= 4 is 11.4 Å². The Balaban J connectivity index is 2.03. The van der Waals surface area contributed by atoms with E-state index in [1.807, 2.05) is 45.9 Å². The van der Waals surface area contributed by atoms with Gasteiger partial charge in [-0.2, -0.15) is 0 Å². The van der Waals surface area contributed by atoms with Gasteiger partial charge in [-0.05, 0) is 64.2 Å². The molecule has 0 saturated heterocycles. The molecule has 0 spiro atoms. The molecule has 0 bridgehead atoms. The van der Waals surface area contributed by atoms with Crippen molar-refractivity contribution in [3.05, 3.63) is 23.8 Å². The van der Waals surface area contributed by atoms with E-state index in [0.29, 0.717) is 5.92 Å². The highest BCUT2D eigenvalue weighted by molar-refractivity contribution is 7.90. The highest BCUT2D eigenvalue weighted by Crippen LogP contribution is 2.34. The van der Waals surface area contributed by atoms with Crippen LogP contribution in [0.3, 0.4) is 0 Å². The number of benzene rings is 1. The first kappa shape index (κ1) is 17.4. The van der Waals surface area contributed by atoms with Gasteiger partial charge in [0, 0.05) is 11.4 Å². The van der Waals surface area contributed by atoms with Crippen LogP contribution in [0.5, 0.6) is 11.5 Å². The van der Waals surface area contributed by atoms with Crippen molar-refractivity contribution in [2.24, 2.45) is 5.92 Å². The van der Waals surface area contributed by atoms with Crippen LogP contribution in [-0.2, 0) is 11.4 Å². The second-order valence-corrected chi connectivity index (χ2v) is 8.88. The van der Waals surface area contributed by atoms with Gasteiger partial charge in [-0.25, -0.2) is 0 Å². The van der Waals surface area contributed by atoms with E-state index in [1.54, 1.807) is 7.11 Å². The zero-order valence-corrected chi connectivity index (χ0v) is 15.0. The van der Waals surface area contributed by atoms with Gasteiger partial charge in [0.15, 0.2) is 11.5 Å². The maximum atomic E-state index is 12.2. The lowest BCUT2D eigenvalue weighted by molar-refractivity contribution is 0.280. The summed E-state index contributed by atoms with van der Waals surface area (Å²) in [6.45, 7) is 8.63. The first-order chi connectivity index (χ1) is 10.3. The summed E-state index contributed by atoms with van der Waals surface area (Å²) in [6, 6.07) is 5.88. The van der Waals surface area contributed by atoms with Crippen LogP contribution >= 0.6 is 0 Å². The van der Waals surface area contributed by atoms with Crippen molar-refractivity contribution < 1.29 is 14.0 Å². The lowest BCUT2D eigenvalue weighted by atomic mass is 10.1. The van der Waals surface area contributed by atoms with Gasteiger partial charge >= 0.3 is 0 Å². The van der Waals surface area contributed by atoms with E-state index < -0.39 is 11.4 Å². The molecule has 1 aromatic carbocycles. The van der Waals surface area contributed by atoms with Crippen LogP contribution in [0.4, 0.5) is 0 Å². The molecule has 124 valence electrons. The average Bonchev–Trinajstić information content (AvgIpc) is 3.27. The molecule has 2 rings (SSSR count). The summed E-state index contributed by atoms with van der Waals surface area (Å²) in [5.41, 5.74) is 1.04. The van der Waals surface area contributed by atoms with E-state index in [9.17, 15) is 4.55 Å². The van der Waals surface area contributed by atoms with Crippen LogP contribution in [0.25, 0.3) is 0 Å². The standard InChI is InChI=1S/C17H27NO3S/c1-12(18-22(19)17(2,3)4)14-8-9-15(16(10-14)20-5)21-11-13-6-7-13/h8-10,12-13,18H,6-7,11H2,1-5H3/t12-,22+/m1/s1. The Morgan fingerprint density at radius 1 is 1.32 bits per heavy atom. The molecule has 0 heterocycles. The molecule has 22 heavy (non-hydrogen) atoms. The molecule has 0 unspecified atom stereocenters. The minimum atomic E-state index is -1.11. The average molecular weight is 325 g/mol. The van der Waals surface area contributed by atoms with Crippen molar-refractivity contribution in [1.82, 2.24) is 4.72 Å². The third-order valence-corrected chi connectivity index (χ3v) is 5.38. The molecule has 5 heteroatoms. The molecule has 1 N–H and O–H groups in total. The number of rotatable bonds is 7. The fraction of sp³-hybridized carbons (Fsp3) is 0.647. The van der Waals surface area contributed by atoms with Crippen LogP contribution in [0, 0.1) is 5.92 Å². The van der Waals surface area contributed by atoms with Crippen molar-refractivity contribution in [1.29, 1.82) is 0 Å². The summed E-state index contributed by atoms with van der Waals surface area (Å²) >= 11 is -1.11. The van der Waals surface area contributed by atoms with Gasteiger partial charge in [0.2, 0.25) is 0 Å². The minimum Gasteiger partial charge on any atom is -0.598 e. The van der Waals surface area contributed by atoms with Crippen molar-refractivity contribution in [3.63, 3.8) is 0 Å². The van der Waals surface area contributed by atoms with Gasteiger partial charge in [-0.1, -0.05) is 6.07 Å². The van der Waals surface area contributed by atoms with Crippen molar-refractivity contribution in [3.8, 4) is 11.5 Å². The first-order valence-corrected chi connectivity index (χ1v) is 8.95. The normalized spacial score (nSPS) is 17.9. The predicted molar refractivity (Wildman–Crippen MR) is 90.7 cm³/mol. The SMILES string of the molecule is COc1cc([C@@H](C)N[S@@+]([O-])C(C)(C)C)ccc1OCC1CC1. The topological polar surface area (TPSA) is 53.5 Å². The van der Waals surface area contributed by atoms with Crippen molar-refractivity contribution in [2.75, 3.05) is 13.7 Å². The Hall–Kier alpha value is -0.910. The highest BCUT2D eigenvalue weighted by atomic mass is 32.2. The number of hydrogen-bond acceptors (Lipinski definition) is 4. The lowest BCUT2D eigenvalue weighted by Crippen LogP contribution is -2.40. The van der Waals surface area contributed by atoms with Crippen LogP contribution in [0.2, 0.25) is 0 Å². The Labute approximate surface area is 136 Å². The fourth-order valence-electron chi connectivity index (χ4n) is 1.97. The van der Waals surface area contributed by atoms with Gasteiger partial charge < -0.3 is 14.0 Å². The number of ether oxygens (including phenoxy) is 2. The van der Waals surface area contributed by atoms with Gasteiger partial charge in [-0.15, -0.1) is 4.72 Å². The number of methoxy groups -OCH3 is 1. The Morgan fingerprint density at radius 3 is 2.55 bits per heavy atom. The predicted octanol–water partition coefficient (Wildman–Crippen LogP) is 3.60. The van der Waals surface area contributed by atoms with Gasteiger partial charge in [-0.3, -0.25) is 0 Å². The smallest absolute Gasteiger partial charge is 0.161 e. The number of nitrogens with one attached hydrogen (secondary N) is 1. The molecule has 1 aliphatic carbocycles. The molecule has 1 aromatic rings. The van der Waals surface area contributed by atoms with Gasteiger partial charge in [0.05, 0.1) is 19.8 Å². The van der Waals surface area contributed by atoms with Crippen LogP contribution in [0.1, 0.15) is 52.1 Å². The maximum absolute atomic E-state index is 12.2. The molecule has 0 aromatic heterocycles. The third kappa shape index (κ3) is 4.80. The maximum Gasteiger partial charge on any atom is 0.161 e. The summed E-state index contributed by atoms with van der Waals surface area (Å²) in [6.07, 6.45) is 2.53. The third-order valence-electron chi connectivity index (χ3n) is 3.70. The van der Waals surface area contributed by atoms with Crippen molar-refractivity contribution in [2.45, 2.75) is 51.3 Å². The molecule has 1 fully saturated rings. The molecule has 0 radical (unpaired) electrons. The quantitative estimate of drug-likeness (QED) is 0.778. The molecule has 0 amide bonds. The van der Waals surface area contributed by atoms with E-state index in [-0.39, 0.29) is 10.8 Å². The summed E-state index contributed by atoms with van der Waals surface area (Å²) in [4.78, 5) is 0. The molecule has 2 atom stereocenters. The minimum absolute atomic E-state index is 0.0218. The molecule has 4 nitrogen and oxygen atoms in total. The molecular weight excluding hydrogens is 298 g/mol. The Kier molecular flexibility index (Phi) is 5.64. The summed E-state index contributed by atoms with van der Waals surface area (Å²) in [5.74, 6) is 2.22. The van der Waals surface area contributed by atoms with Crippen LogP contribution < -0.4 is 14.2 Å². The fourth-order valence-corrected chi connectivity index (χ4v) is 2.78. The first-order valence-electron chi connectivity index (χ1n) is 7.80. The van der Waals surface area contributed by atoms with E-state index in [4.69, 9.17) is 9.47 Å². The van der Waals surface area contributed by atoms with Gasteiger partial charge in [0.1, 0.15) is 4.75 Å². The lowest BCUT2D eigenvalue weighted by Gasteiger charge is -2.26. The second kappa shape index (κ2) is 7.11. The summed E-state index contributed by atoms with van der Waals surface area (Å²) in [7, 11) is 1.65. The molecule has 0 aliphatic heterocycles. The summed E-state index contributed by atoms with van der Waals surface area (Å²) < 4.78 is 26.3. The molecular formula is C17H27NO3S. The molecule has 1 aliphatic rings. The monoisotopic (exact) mass is 325 g/mol. The Bertz CT molecular complexity index is 497. The van der Waals surface area contributed by atoms with Crippen LogP contribution in [-0.4, -0.2) is 23.0 Å². The zero-order valence-electron chi connectivity index (χ0n) is 14.1. The summed E-state index contributed by atoms with van der Waals surface area (Å²) in [5, 5.41) is 0. The van der Waals surface area contributed by atoms with E-state index >= 15 is 0 Å². The largest absolute Gasteiger partial charge is 0.598 e. The van der Waals surface area contributed by atoms with E-state index in [0.717, 1.165) is 23.7 Å².